The molecule has 0 radical (unpaired) electrons. The summed E-state index contributed by atoms with van der Waals surface area (Å²) in [5, 5.41) is 14.1. The van der Waals surface area contributed by atoms with Crippen molar-refractivity contribution < 1.29 is 9.66 Å². The van der Waals surface area contributed by atoms with Crippen LogP contribution < -0.4 is 5.32 Å². The third-order valence-corrected chi connectivity index (χ3v) is 4.50. The lowest BCUT2D eigenvalue weighted by Crippen LogP contribution is -2.17. The number of hydrogen-bond donors (Lipinski definition) is 1. The van der Waals surface area contributed by atoms with Gasteiger partial charge in [-0.1, -0.05) is 0 Å². The fourth-order valence-electron chi connectivity index (χ4n) is 2.05. The summed E-state index contributed by atoms with van der Waals surface area (Å²) in [4.78, 5) is 10.3. The standard InChI is InChI=1S/C13H17IN2O3/c1-19-7-6-13(4-5-13)9-15-12-3-2-10(16(17)18)8-11(12)14/h2-3,8,15H,4-7,9H2,1H3. The molecule has 1 saturated carbocycles. The number of nitrogens with one attached hydrogen (secondary N) is 1. The second-order valence-electron chi connectivity index (χ2n) is 5.02. The maximum absolute atomic E-state index is 10.7. The summed E-state index contributed by atoms with van der Waals surface area (Å²) in [7, 11) is 1.72. The highest BCUT2D eigenvalue weighted by molar-refractivity contribution is 14.1. The van der Waals surface area contributed by atoms with Gasteiger partial charge in [-0.25, -0.2) is 0 Å². The molecule has 1 N–H and O–H groups in total. The van der Waals surface area contributed by atoms with Crippen molar-refractivity contribution in [3.63, 3.8) is 0 Å². The van der Waals surface area contributed by atoms with Crippen LogP contribution in [-0.2, 0) is 4.74 Å². The number of benzene rings is 1. The number of nitro groups is 1. The number of ether oxygens (including phenoxy) is 1. The number of rotatable bonds is 7. The molecule has 0 spiro atoms. The van der Waals surface area contributed by atoms with Gasteiger partial charge >= 0.3 is 0 Å². The first-order valence-electron chi connectivity index (χ1n) is 6.23. The lowest BCUT2D eigenvalue weighted by Gasteiger charge is -2.17. The van der Waals surface area contributed by atoms with Crippen molar-refractivity contribution in [2.45, 2.75) is 19.3 Å². The molecule has 5 nitrogen and oxygen atoms in total. The predicted molar refractivity (Wildman–Crippen MR) is 82.5 cm³/mol. The maximum Gasteiger partial charge on any atom is 0.270 e. The van der Waals surface area contributed by atoms with E-state index in [1.54, 1.807) is 25.3 Å². The molecule has 1 aliphatic rings. The fourth-order valence-corrected chi connectivity index (χ4v) is 2.74. The molecular weight excluding hydrogens is 359 g/mol. The molecular formula is C13H17IN2O3. The Morgan fingerprint density at radius 2 is 2.26 bits per heavy atom. The Morgan fingerprint density at radius 1 is 1.53 bits per heavy atom. The Bertz CT molecular complexity index is 475. The molecule has 2 rings (SSSR count). The summed E-state index contributed by atoms with van der Waals surface area (Å²) in [5.74, 6) is 0. The van der Waals surface area contributed by atoms with Crippen LogP contribution in [0, 0.1) is 19.1 Å². The van der Waals surface area contributed by atoms with Crippen molar-refractivity contribution in [2.75, 3.05) is 25.6 Å². The summed E-state index contributed by atoms with van der Waals surface area (Å²) in [6.45, 7) is 1.70. The number of halogens is 1. The largest absolute Gasteiger partial charge is 0.385 e. The Hall–Kier alpha value is -0.890. The van der Waals surface area contributed by atoms with Gasteiger partial charge in [0.2, 0.25) is 0 Å². The normalized spacial score (nSPS) is 16.1. The van der Waals surface area contributed by atoms with E-state index in [0.717, 1.165) is 28.8 Å². The van der Waals surface area contributed by atoms with Crippen LogP contribution in [0.5, 0.6) is 0 Å². The SMILES string of the molecule is COCCC1(CNc2ccc([N+](=O)[O-])cc2I)CC1. The highest BCUT2D eigenvalue weighted by Gasteiger charge is 2.41. The zero-order chi connectivity index (χ0) is 13.9. The molecule has 0 bridgehead atoms. The van der Waals surface area contributed by atoms with E-state index in [1.807, 2.05) is 0 Å². The topological polar surface area (TPSA) is 64.4 Å². The number of methoxy groups -OCH3 is 1. The zero-order valence-electron chi connectivity index (χ0n) is 10.8. The van der Waals surface area contributed by atoms with Crippen molar-refractivity contribution in [3.8, 4) is 0 Å². The average molecular weight is 376 g/mol. The minimum Gasteiger partial charge on any atom is -0.385 e. The second kappa shape index (κ2) is 6.04. The number of anilines is 1. The van der Waals surface area contributed by atoms with E-state index in [9.17, 15) is 10.1 Å². The van der Waals surface area contributed by atoms with E-state index in [4.69, 9.17) is 4.74 Å². The highest BCUT2D eigenvalue weighted by Crippen LogP contribution is 2.48. The summed E-state index contributed by atoms with van der Waals surface area (Å²) in [6, 6.07) is 4.92. The van der Waals surface area contributed by atoms with E-state index in [0.29, 0.717) is 5.41 Å². The second-order valence-corrected chi connectivity index (χ2v) is 6.18. The number of nitrogens with zero attached hydrogens (tertiary/aromatic N) is 1. The molecule has 0 atom stereocenters. The third-order valence-electron chi connectivity index (χ3n) is 3.61. The minimum atomic E-state index is -0.368. The molecule has 0 unspecified atom stereocenters. The molecule has 0 aromatic heterocycles. The lowest BCUT2D eigenvalue weighted by molar-refractivity contribution is -0.384. The predicted octanol–water partition coefficient (Wildman–Crippen LogP) is 3.43. The monoisotopic (exact) mass is 376 g/mol. The van der Waals surface area contributed by atoms with Crippen LogP contribution in [0.25, 0.3) is 0 Å². The first-order chi connectivity index (χ1) is 9.06. The Labute approximate surface area is 126 Å². The fraction of sp³-hybridized carbons (Fsp3) is 0.538. The molecule has 0 amide bonds. The Morgan fingerprint density at radius 3 is 2.79 bits per heavy atom. The molecule has 1 fully saturated rings. The maximum atomic E-state index is 10.7. The van der Waals surface area contributed by atoms with Gasteiger partial charge < -0.3 is 10.1 Å². The van der Waals surface area contributed by atoms with Crippen LogP contribution in [0.2, 0.25) is 0 Å². The molecule has 1 aromatic rings. The number of nitro benzene ring substituents is 1. The molecule has 0 saturated heterocycles. The number of non-ortho nitro benzene ring substituents is 1. The Balaban J connectivity index is 1.95. The summed E-state index contributed by atoms with van der Waals surface area (Å²) in [6.07, 6.45) is 3.53. The van der Waals surface area contributed by atoms with Crippen molar-refractivity contribution >= 4 is 34.0 Å². The first-order valence-corrected chi connectivity index (χ1v) is 7.31. The van der Waals surface area contributed by atoms with Crippen LogP contribution in [0.4, 0.5) is 11.4 Å². The average Bonchev–Trinajstić information content (AvgIpc) is 3.15. The zero-order valence-corrected chi connectivity index (χ0v) is 13.0. The third kappa shape index (κ3) is 3.79. The first kappa shape index (κ1) is 14.5. The minimum absolute atomic E-state index is 0.135. The molecule has 1 aromatic carbocycles. The van der Waals surface area contributed by atoms with Gasteiger partial charge in [-0.2, -0.15) is 0 Å². The lowest BCUT2D eigenvalue weighted by atomic mass is 10.0. The van der Waals surface area contributed by atoms with Gasteiger partial charge in [0.25, 0.3) is 5.69 Å². The summed E-state index contributed by atoms with van der Waals surface area (Å²) >= 11 is 2.13. The van der Waals surface area contributed by atoms with Gasteiger partial charge in [0.05, 0.1) is 4.92 Å². The van der Waals surface area contributed by atoms with Crippen molar-refractivity contribution in [1.82, 2.24) is 0 Å². The summed E-state index contributed by atoms with van der Waals surface area (Å²) < 4.78 is 6.01. The quantitative estimate of drug-likeness (QED) is 0.450. The highest BCUT2D eigenvalue weighted by atomic mass is 127. The molecule has 0 aliphatic heterocycles. The number of hydrogen-bond acceptors (Lipinski definition) is 4. The summed E-state index contributed by atoms with van der Waals surface area (Å²) in [5.41, 5.74) is 1.46. The van der Waals surface area contributed by atoms with Gasteiger partial charge in [0, 0.05) is 41.7 Å². The van der Waals surface area contributed by atoms with E-state index in [2.05, 4.69) is 27.9 Å². The van der Waals surface area contributed by atoms with Gasteiger partial charge in [0.15, 0.2) is 0 Å². The van der Waals surface area contributed by atoms with E-state index in [-0.39, 0.29) is 10.6 Å². The van der Waals surface area contributed by atoms with Crippen LogP contribution in [0.3, 0.4) is 0 Å². The van der Waals surface area contributed by atoms with Crippen LogP contribution in [-0.4, -0.2) is 25.2 Å². The smallest absolute Gasteiger partial charge is 0.270 e. The van der Waals surface area contributed by atoms with Gasteiger partial charge in [0.1, 0.15) is 0 Å². The van der Waals surface area contributed by atoms with E-state index in [1.165, 1.54) is 12.8 Å². The van der Waals surface area contributed by atoms with Gasteiger partial charge in [-0.3, -0.25) is 10.1 Å². The Kier molecular flexibility index (Phi) is 4.62. The molecule has 1 aliphatic carbocycles. The van der Waals surface area contributed by atoms with E-state index < -0.39 is 0 Å². The molecule has 0 heterocycles. The van der Waals surface area contributed by atoms with Crippen LogP contribution in [0.15, 0.2) is 18.2 Å². The van der Waals surface area contributed by atoms with Gasteiger partial charge in [-0.05, 0) is 53.3 Å². The van der Waals surface area contributed by atoms with Crippen molar-refractivity contribution in [3.05, 3.63) is 31.9 Å². The van der Waals surface area contributed by atoms with E-state index >= 15 is 0 Å². The molecule has 6 heteroatoms. The van der Waals surface area contributed by atoms with Gasteiger partial charge in [-0.15, -0.1) is 0 Å². The van der Waals surface area contributed by atoms with Crippen molar-refractivity contribution in [1.29, 1.82) is 0 Å². The van der Waals surface area contributed by atoms with Crippen molar-refractivity contribution in [2.24, 2.45) is 5.41 Å². The molecule has 104 valence electrons. The van der Waals surface area contributed by atoms with Crippen LogP contribution in [0.1, 0.15) is 19.3 Å². The van der Waals surface area contributed by atoms with Crippen LogP contribution >= 0.6 is 22.6 Å². The molecule has 19 heavy (non-hydrogen) atoms.